The highest BCUT2D eigenvalue weighted by Gasteiger charge is 2.19. The van der Waals surface area contributed by atoms with Gasteiger partial charge in [0.1, 0.15) is 12.4 Å². The highest BCUT2D eigenvalue weighted by Crippen LogP contribution is 2.20. The van der Waals surface area contributed by atoms with E-state index in [1.54, 1.807) is 0 Å². The number of likely N-dealkylation sites (N-methyl/N-ethyl adjacent to an activating group) is 1. The third-order valence-corrected chi connectivity index (χ3v) is 4.62. The van der Waals surface area contributed by atoms with Gasteiger partial charge in [-0.15, -0.1) is 0 Å². The summed E-state index contributed by atoms with van der Waals surface area (Å²) in [7, 11) is 0. The van der Waals surface area contributed by atoms with E-state index in [1.807, 2.05) is 54.6 Å². The summed E-state index contributed by atoms with van der Waals surface area (Å²) in [6.45, 7) is 5.16. The molecule has 0 aromatic heterocycles. The van der Waals surface area contributed by atoms with Crippen LogP contribution in [-0.4, -0.2) is 30.3 Å². The first kappa shape index (κ1) is 17.7. The first-order valence-corrected chi connectivity index (χ1v) is 8.95. The van der Waals surface area contributed by atoms with Crippen LogP contribution in [0.25, 0.3) is 6.08 Å². The number of ketones is 1. The number of piperidine rings is 1. The van der Waals surface area contributed by atoms with E-state index in [2.05, 4.69) is 11.8 Å². The van der Waals surface area contributed by atoms with E-state index < -0.39 is 0 Å². The molecule has 0 unspecified atom stereocenters. The molecule has 1 aliphatic heterocycles. The number of hydrogen-bond acceptors (Lipinski definition) is 3. The Balaban J connectivity index is 1.69. The molecule has 3 nitrogen and oxygen atoms in total. The molecule has 2 aromatic rings. The van der Waals surface area contributed by atoms with Gasteiger partial charge in [0.2, 0.25) is 0 Å². The second-order valence-corrected chi connectivity index (χ2v) is 6.64. The molecule has 1 saturated heterocycles. The molecule has 0 saturated carbocycles. The molecule has 0 amide bonds. The van der Waals surface area contributed by atoms with E-state index in [4.69, 9.17) is 16.3 Å². The molecule has 0 spiro atoms. The lowest BCUT2D eigenvalue weighted by Gasteiger charge is -2.26. The Morgan fingerprint density at radius 2 is 2.00 bits per heavy atom. The van der Waals surface area contributed by atoms with Crippen molar-refractivity contribution in [1.29, 1.82) is 0 Å². The van der Waals surface area contributed by atoms with Crippen molar-refractivity contribution in [2.24, 2.45) is 0 Å². The fraction of sp³-hybridized carbons (Fsp3) is 0.286. The topological polar surface area (TPSA) is 29.5 Å². The molecule has 0 radical (unpaired) electrons. The smallest absolute Gasteiger partial charge is 0.161 e. The number of Topliss-reactive ketones (excluding diaryl/α,β-unsaturated/α-hetero) is 1. The molecule has 0 bridgehead atoms. The Morgan fingerprint density at radius 3 is 2.76 bits per heavy atom. The van der Waals surface area contributed by atoms with Crippen molar-refractivity contribution in [2.75, 3.05) is 19.6 Å². The number of carbonyl (C=O) groups is 1. The summed E-state index contributed by atoms with van der Waals surface area (Å²) in [5.74, 6) is 1.04. The Kier molecular flexibility index (Phi) is 5.90. The van der Waals surface area contributed by atoms with Crippen molar-refractivity contribution < 1.29 is 9.53 Å². The number of halogens is 1. The lowest BCUT2D eigenvalue weighted by atomic mass is 10.0. The number of ether oxygens (including phenoxy) is 1. The van der Waals surface area contributed by atoms with Crippen LogP contribution in [0.5, 0.6) is 5.75 Å². The Labute approximate surface area is 153 Å². The number of benzene rings is 2. The molecule has 1 fully saturated rings. The molecule has 25 heavy (non-hydrogen) atoms. The van der Waals surface area contributed by atoms with Crippen LogP contribution in [0.3, 0.4) is 0 Å². The average molecular weight is 356 g/mol. The molecule has 0 atom stereocenters. The highest BCUT2D eigenvalue weighted by molar-refractivity contribution is 6.30. The Hall–Kier alpha value is -2.10. The largest absolute Gasteiger partial charge is 0.489 e. The molecule has 0 N–H and O–H groups in total. The third kappa shape index (κ3) is 4.94. The summed E-state index contributed by atoms with van der Waals surface area (Å²) in [5, 5.41) is 0.718. The molecule has 130 valence electrons. The normalized spacial score (nSPS) is 17.0. The lowest BCUT2D eigenvalue weighted by molar-refractivity contribution is -0.117. The minimum absolute atomic E-state index is 0.247. The van der Waals surface area contributed by atoms with Gasteiger partial charge in [-0.1, -0.05) is 42.8 Å². The van der Waals surface area contributed by atoms with Crippen LogP contribution in [-0.2, 0) is 11.4 Å². The zero-order valence-corrected chi connectivity index (χ0v) is 15.1. The predicted octanol–water partition coefficient (Wildman–Crippen LogP) is 4.60. The molecule has 1 aliphatic rings. The van der Waals surface area contributed by atoms with E-state index >= 15 is 0 Å². The van der Waals surface area contributed by atoms with Crippen molar-refractivity contribution in [3.05, 3.63) is 70.3 Å². The van der Waals surface area contributed by atoms with Crippen molar-refractivity contribution in [3.8, 4) is 5.75 Å². The minimum Gasteiger partial charge on any atom is -0.489 e. The second kappa shape index (κ2) is 8.32. The number of rotatable bonds is 5. The first-order valence-electron chi connectivity index (χ1n) is 8.57. The van der Waals surface area contributed by atoms with Gasteiger partial charge in [0, 0.05) is 30.1 Å². The van der Waals surface area contributed by atoms with Gasteiger partial charge in [-0.3, -0.25) is 9.69 Å². The number of hydrogen-bond donors (Lipinski definition) is 0. The third-order valence-electron chi connectivity index (χ3n) is 4.37. The average Bonchev–Trinajstić information content (AvgIpc) is 2.63. The van der Waals surface area contributed by atoms with E-state index in [0.29, 0.717) is 13.0 Å². The molecule has 4 heteroatoms. The molecule has 3 rings (SSSR count). The van der Waals surface area contributed by atoms with Crippen LogP contribution >= 0.6 is 11.6 Å². The number of likely N-dealkylation sites (tertiary alicyclic amines) is 1. The molecular formula is C21H22ClNO2. The van der Waals surface area contributed by atoms with Crippen LogP contribution < -0.4 is 4.74 Å². The van der Waals surface area contributed by atoms with E-state index in [9.17, 15) is 4.79 Å². The van der Waals surface area contributed by atoms with Gasteiger partial charge in [-0.25, -0.2) is 0 Å². The van der Waals surface area contributed by atoms with Crippen molar-refractivity contribution >= 4 is 23.5 Å². The molecular weight excluding hydrogens is 334 g/mol. The first-order chi connectivity index (χ1) is 12.1. The van der Waals surface area contributed by atoms with Gasteiger partial charge >= 0.3 is 0 Å². The zero-order valence-electron chi connectivity index (χ0n) is 14.4. The van der Waals surface area contributed by atoms with Crippen LogP contribution in [0.15, 0.2) is 54.1 Å². The van der Waals surface area contributed by atoms with Crippen molar-refractivity contribution in [3.63, 3.8) is 0 Å². The predicted molar refractivity (Wildman–Crippen MR) is 102 cm³/mol. The fourth-order valence-corrected chi connectivity index (χ4v) is 2.99. The Morgan fingerprint density at radius 1 is 1.20 bits per heavy atom. The SMILES string of the molecule is CCN1CCC(=O)/C(=C/c2cccc(OCc3ccc(Cl)cc3)c2)C1. The fourth-order valence-electron chi connectivity index (χ4n) is 2.87. The van der Waals surface area contributed by atoms with Crippen LogP contribution in [0.4, 0.5) is 0 Å². The summed E-state index contributed by atoms with van der Waals surface area (Å²) in [5.41, 5.74) is 2.94. The van der Waals surface area contributed by atoms with E-state index in [-0.39, 0.29) is 5.78 Å². The summed E-state index contributed by atoms with van der Waals surface area (Å²) in [6.07, 6.45) is 2.59. The summed E-state index contributed by atoms with van der Waals surface area (Å²) in [4.78, 5) is 14.4. The Bertz CT molecular complexity index is 768. The number of carbonyl (C=O) groups excluding carboxylic acids is 1. The van der Waals surface area contributed by atoms with Gasteiger partial charge in [-0.2, -0.15) is 0 Å². The highest BCUT2D eigenvalue weighted by atomic mass is 35.5. The number of nitrogens with zero attached hydrogens (tertiary/aromatic N) is 1. The van der Waals surface area contributed by atoms with E-state index in [0.717, 1.165) is 47.1 Å². The van der Waals surface area contributed by atoms with Crippen molar-refractivity contribution in [2.45, 2.75) is 20.0 Å². The molecule has 2 aromatic carbocycles. The summed E-state index contributed by atoms with van der Waals surface area (Å²) < 4.78 is 5.86. The summed E-state index contributed by atoms with van der Waals surface area (Å²) in [6, 6.07) is 15.5. The van der Waals surface area contributed by atoms with Crippen LogP contribution in [0, 0.1) is 0 Å². The van der Waals surface area contributed by atoms with Gasteiger partial charge in [0.25, 0.3) is 0 Å². The standard InChI is InChI=1S/C21H22ClNO2/c1-2-23-11-10-21(24)18(14-23)12-17-4-3-5-20(13-17)25-15-16-6-8-19(22)9-7-16/h3-9,12-13H,2,10-11,14-15H2,1H3/b18-12+. The van der Waals surface area contributed by atoms with Crippen molar-refractivity contribution in [1.82, 2.24) is 4.90 Å². The molecule has 0 aliphatic carbocycles. The summed E-state index contributed by atoms with van der Waals surface area (Å²) >= 11 is 5.90. The van der Waals surface area contributed by atoms with E-state index in [1.165, 1.54) is 0 Å². The van der Waals surface area contributed by atoms with Gasteiger partial charge in [-0.05, 0) is 48.0 Å². The van der Waals surface area contributed by atoms with Gasteiger partial charge in [0.15, 0.2) is 5.78 Å². The monoisotopic (exact) mass is 355 g/mol. The minimum atomic E-state index is 0.247. The maximum atomic E-state index is 12.1. The zero-order chi connectivity index (χ0) is 17.6. The van der Waals surface area contributed by atoms with Crippen LogP contribution in [0.1, 0.15) is 24.5 Å². The van der Waals surface area contributed by atoms with Gasteiger partial charge in [0.05, 0.1) is 0 Å². The lowest BCUT2D eigenvalue weighted by Crippen LogP contribution is -2.35. The second-order valence-electron chi connectivity index (χ2n) is 6.20. The van der Waals surface area contributed by atoms with Crippen LogP contribution in [0.2, 0.25) is 5.02 Å². The van der Waals surface area contributed by atoms with Gasteiger partial charge < -0.3 is 4.74 Å². The maximum absolute atomic E-state index is 12.1. The maximum Gasteiger partial charge on any atom is 0.161 e. The molecule has 1 heterocycles. The quantitative estimate of drug-likeness (QED) is 0.734.